The Morgan fingerprint density at radius 1 is 1.13 bits per heavy atom. The van der Waals surface area contributed by atoms with Crippen LogP contribution in [0.1, 0.15) is 24.2 Å². The van der Waals surface area contributed by atoms with Crippen LogP contribution in [0.15, 0.2) is 67.1 Å². The van der Waals surface area contributed by atoms with Gasteiger partial charge in [0.25, 0.3) is 0 Å². The SMILES string of the molecule is CCOCC(NC(=O)Nc1cc2cnn(-c3ccnc(C)c3)c2cn1)c1ccccc1. The van der Waals surface area contributed by atoms with Crippen molar-refractivity contribution >= 4 is 22.8 Å². The Hall–Kier alpha value is -3.78. The molecule has 0 aliphatic carbocycles. The van der Waals surface area contributed by atoms with Crippen LogP contribution in [0.5, 0.6) is 0 Å². The molecule has 0 saturated carbocycles. The van der Waals surface area contributed by atoms with Crippen LogP contribution in [0.2, 0.25) is 0 Å². The van der Waals surface area contributed by atoms with Crippen LogP contribution in [-0.4, -0.2) is 39.0 Å². The molecule has 3 aromatic heterocycles. The molecule has 4 aromatic rings. The average Bonchev–Trinajstić information content (AvgIpc) is 3.20. The summed E-state index contributed by atoms with van der Waals surface area (Å²) in [6.45, 7) is 4.82. The Labute approximate surface area is 180 Å². The molecule has 0 spiro atoms. The van der Waals surface area contributed by atoms with Crippen LogP contribution >= 0.6 is 0 Å². The van der Waals surface area contributed by atoms with E-state index in [1.807, 2.05) is 56.3 Å². The van der Waals surface area contributed by atoms with Crippen LogP contribution in [0.3, 0.4) is 0 Å². The molecular weight excluding hydrogens is 392 g/mol. The minimum atomic E-state index is -0.349. The van der Waals surface area contributed by atoms with Gasteiger partial charge in [0.2, 0.25) is 0 Å². The van der Waals surface area contributed by atoms with Crippen LogP contribution in [0, 0.1) is 6.92 Å². The summed E-state index contributed by atoms with van der Waals surface area (Å²) >= 11 is 0. The van der Waals surface area contributed by atoms with Gasteiger partial charge in [-0.3, -0.25) is 10.3 Å². The zero-order valence-electron chi connectivity index (χ0n) is 17.4. The fourth-order valence-corrected chi connectivity index (χ4v) is 3.32. The van der Waals surface area contributed by atoms with Crippen LogP contribution in [0.25, 0.3) is 16.6 Å². The molecule has 0 aliphatic rings. The van der Waals surface area contributed by atoms with Gasteiger partial charge in [0.15, 0.2) is 0 Å². The molecule has 0 saturated heterocycles. The van der Waals surface area contributed by atoms with Gasteiger partial charge in [0, 0.05) is 23.9 Å². The second-order valence-corrected chi connectivity index (χ2v) is 7.06. The lowest BCUT2D eigenvalue weighted by Gasteiger charge is -2.19. The van der Waals surface area contributed by atoms with Crippen LogP contribution in [0.4, 0.5) is 10.6 Å². The van der Waals surface area contributed by atoms with Crippen molar-refractivity contribution in [1.29, 1.82) is 0 Å². The van der Waals surface area contributed by atoms with Gasteiger partial charge >= 0.3 is 6.03 Å². The second-order valence-electron chi connectivity index (χ2n) is 7.06. The number of rotatable bonds is 7. The number of anilines is 1. The third-order valence-electron chi connectivity index (χ3n) is 4.82. The molecule has 1 atom stereocenters. The number of nitrogens with one attached hydrogen (secondary N) is 2. The minimum Gasteiger partial charge on any atom is -0.379 e. The summed E-state index contributed by atoms with van der Waals surface area (Å²) in [7, 11) is 0. The maximum absolute atomic E-state index is 12.6. The van der Waals surface area contributed by atoms with Crippen molar-refractivity contribution in [3.8, 4) is 5.69 Å². The van der Waals surface area contributed by atoms with E-state index in [4.69, 9.17) is 4.74 Å². The first kappa shape index (κ1) is 20.5. The first-order valence-corrected chi connectivity index (χ1v) is 10.1. The van der Waals surface area contributed by atoms with Crippen molar-refractivity contribution in [3.05, 3.63) is 78.4 Å². The van der Waals surface area contributed by atoms with Crippen LogP contribution < -0.4 is 10.6 Å². The Kier molecular flexibility index (Phi) is 6.18. The summed E-state index contributed by atoms with van der Waals surface area (Å²) in [5.41, 5.74) is 3.63. The first-order valence-electron chi connectivity index (χ1n) is 10.1. The van der Waals surface area contributed by atoms with E-state index in [2.05, 4.69) is 25.7 Å². The average molecular weight is 416 g/mol. The highest BCUT2D eigenvalue weighted by molar-refractivity contribution is 5.91. The third-order valence-corrected chi connectivity index (χ3v) is 4.82. The van der Waals surface area contributed by atoms with Gasteiger partial charge in [-0.2, -0.15) is 5.10 Å². The largest absolute Gasteiger partial charge is 0.379 e. The molecule has 8 heteroatoms. The number of pyridine rings is 2. The number of urea groups is 1. The predicted octanol–water partition coefficient (Wildman–Crippen LogP) is 4.02. The molecule has 8 nitrogen and oxygen atoms in total. The van der Waals surface area contributed by atoms with Crippen molar-refractivity contribution < 1.29 is 9.53 Å². The molecule has 31 heavy (non-hydrogen) atoms. The minimum absolute atomic E-state index is 0.262. The molecule has 0 bridgehead atoms. The fraction of sp³-hybridized carbons (Fsp3) is 0.217. The van der Waals surface area contributed by atoms with E-state index in [0.717, 1.165) is 27.8 Å². The number of fused-ring (bicyclic) bond motifs is 1. The predicted molar refractivity (Wildman–Crippen MR) is 119 cm³/mol. The summed E-state index contributed by atoms with van der Waals surface area (Å²) < 4.78 is 7.34. The van der Waals surface area contributed by atoms with Crippen LogP contribution in [-0.2, 0) is 4.74 Å². The third kappa shape index (κ3) is 4.87. The van der Waals surface area contributed by atoms with E-state index in [9.17, 15) is 4.79 Å². The number of nitrogens with zero attached hydrogens (tertiary/aromatic N) is 4. The number of aryl methyl sites for hydroxylation is 1. The zero-order valence-corrected chi connectivity index (χ0v) is 17.4. The highest BCUT2D eigenvalue weighted by Gasteiger charge is 2.15. The number of hydrogen-bond acceptors (Lipinski definition) is 5. The van der Waals surface area contributed by atoms with E-state index >= 15 is 0 Å². The summed E-state index contributed by atoms with van der Waals surface area (Å²) in [5, 5.41) is 11.1. The Balaban J connectivity index is 1.49. The fourth-order valence-electron chi connectivity index (χ4n) is 3.32. The Morgan fingerprint density at radius 3 is 2.74 bits per heavy atom. The van der Waals surface area contributed by atoms with Crippen molar-refractivity contribution in [2.75, 3.05) is 18.5 Å². The molecule has 1 unspecified atom stereocenters. The Bertz CT molecular complexity index is 1180. The lowest BCUT2D eigenvalue weighted by Crippen LogP contribution is -2.35. The smallest absolute Gasteiger partial charge is 0.320 e. The van der Waals surface area contributed by atoms with Crippen molar-refractivity contribution in [3.63, 3.8) is 0 Å². The second kappa shape index (κ2) is 9.36. The zero-order chi connectivity index (χ0) is 21.6. The van der Waals surface area contributed by atoms with E-state index in [1.54, 1.807) is 29.3 Å². The van der Waals surface area contributed by atoms with Crippen molar-refractivity contribution in [2.45, 2.75) is 19.9 Å². The van der Waals surface area contributed by atoms with Gasteiger partial charge in [-0.25, -0.2) is 14.5 Å². The first-order chi connectivity index (χ1) is 15.1. The maximum Gasteiger partial charge on any atom is 0.320 e. The van der Waals surface area contributed by atoms with E-state index < -0.39 is 0 Å². The standard InChI is InChI=1S/C23H24N6O2/c1-3-31-15-20(17-7-5-4-6-8-17)27-23(30)28-22-12-18-13-26-29(21(18)14-25-22)19-9-10-24-16(2)11-19/h4-14,20H,3,15H2,1-2H3,(H2,25,27,28,30). The van der Waals surface area contributed by atoms with Crippen molar-refractivity contribution in [2.24, 2.45) is 0 Å². The summed E-state index contributed by atoms with van der Waals surface area (Å²) in [5.74, 6) is 0.443. The van der Waals surface area contributed by atoms with Gasteiger partial charge < -0.3 is 10.1 Å². The molecule has 2 N–H and O–H groups in total. The number of carbonyl (C=O) groups excluding carboxylic acids is 1. The van der Waals surface area contributed by atoms with Gasteiger partial charge in [0.1, 0.15) is 5.82 Å². The van der Waals surface area contributed by atoms with Gasteiger partial charge in [-0.05, 0) is 37.6 Å². The topological polar surface area (TPSA) is 94.0 Å². The molecular formula is C23H24N6O2. The lowest BCUT2D eigenvalue weighted by atomic mass is 10.1. The number of ether oxygens (including phenoxy) is 1. The van der Waals surface area contributed by atoms with Gasteiger partial charge in [0.05, 0.1) is 36.2 Å². The summed E-state index contributed by atoms with van der Waals surface area (Å²) in [4.78, 5) is 21.2. The number of benzene rings is 1. The van der Waals surface area contributed by atoms with E-state index in [-0.39, 0.29) is 12.1 Å². The Morgan fingerprint density at radius 2 is 1.97 bits per heavy atom. The highest BCUT2D eigenvalue weighted by Crippen LogP contribution is 2.20. The molecule has 158 valence electrons. The lowest BCUT2D eigenvalue weighted by molar-refractivity contribution is 0.125. The number of aromatic nitrogens is 4. The number of hydrogen-bond donors (Lipinski definition) is 2. The summed E-state index contributed by atoms with van der Waals surface area (Å²) in [6.07, 6.45) is 5.19. The van der Waals surface area contributed by atoms with E-state index in [1.165, 1.54) is 0 Å². The monoisotopic (exact) mass is 416 g/mol. The maximum atomic E-state index is 12.6. The molecule has 3 heterocycles. The highest BCUT2D eigenvalue weighted by atomic mass is 16.5. The summed E-state index contributed by atoms with van der Waals surface area (Å²) in [6, 6.07) is 14.8. The number of carbonyl (C=O) groups is 1. The molecule has 0 fully saturated rings. The van der Waals surface area contributed by atoms with Gasteiger partial charge in [-0.15, -0.1) is 0 Å². The number of amides is 2. The molecule has 1 aromatic carbocycles. The normalized spacial score (nSPS) is 11.9. The molecule has 4 rings (SSSR count). The van der Waals surface area contributed by atoms with Gasteiger partial charge in [-0.1, -0.05) is 30.3 Å². The molecule has 2 amide bonds. The van der Waals surface area contributed by atoms with Crippen molar-refractivity contribution in [1.82, 2.24) is 25.1 Å². The molecule has 0 aliphatic heterocycles. The molecule has 0 radical (unpaired) electrons. The quantitative estimate of drug-likeness (QED) is 0.474. The van der Waals surface area contributed by atoms with E-state index in [0.29, 0.717) is 19.0 Å².